The van der Waals surface area contributed by atoms with Crippen LogP contribution in [-0.4, -0.2) is 18.8 Å². The van der Waals surface area contributed by atoms with Crippen molar-refractivity contribution in [1.29, 1.82) is 0 Å². The molecule has 2 nitrogen and oxygen atoms in total. The van der Waals surface area contributed by atoms with Crippen LogP contribution in [0.25, 0.3) is 0 Å². The maximum Gasteiger partial charge on any atom is 0.0665 e. The highest BCUT2D eigenvalue weighted by atomic mass is 79.9. The van der Waals surface area contributed by atoms with E-state index in [-0.39, 0.29) is 5.41 Å². The van der Waals surface area contributed by atoms with Crippen molar-refractivity contribution in [3.8, 4) is 0 Å². The van der Waals surface area contributed by atoms with Gasteiger partial charge < -0.3 is 10.1 Å². The maximum absolute atomic E-state index is 6.23. The first-order valence-electron chi connectivity index (χ1n) is 7.55. The van der Waals surface area contributed by atoms with Gasteiger partial charge in [0.25, 0.3) is 0 Å². The van der Waals surface area contributed by atoms with E-state index in [0.717, 1.165) is 33.8 Å². The van der Waals surface area contributed by atoms with E-state index in [1.165, 1.54) is 0 Å². The van der Waals surface area contributed by atoms with Crippen LogP contribution in [0.2, 0.25) is 5.02 Å². The number of benzene rings is 1. The van der Waals surface area contributed by atoms with Gasteiger partial charge in [-0.3, -0.25) is 0 Å². The SMILES string of the molecule is Cc1cc(Br)c(NC2CC(OCC(C)C)C2(C)C)cc1Cl. The third-order valence-corrected chi connectivity index (χ3v) is 5.45. The van der Waals surface area contributed by atoms with E-state index in [1.807, 2.05) is 13.0 Å². The van der Waals surface area contributed by atoms with E-state index < -0.39 is 0 Å². The average Bonchev–Trinajstić information content (AvgIpc) is 2.38. The van der Waals surface area contributed by atoms with E-state index in [4.69, 9.17) is 16.3 Å². The van der Waals surface area contributed by atoms with Crippen LogP contribution in [0, 0.1) is 18.3 Å². The van der Waals surface area contributed by atoms with Gasteiger partial charge >= 0.3 is 0 Å². The summed E-state index contributed by atoms with van der Waals surface area (Å²) in [4.78, 5) is 0. The third kappa shape index (κ3) is 3.75. The molecule has 1 aliphatic carbocycles. The Bertz CT molecular complexity index is 516. The molecule has 0 amide bonds. The summed E-state index contributed by atoms with van der Waals surface area (Å²) in [6.45, 7) is 11.8. The van der Waals surface area contributed by atoms with Gasteiger partial charge in [0, 0.05) is 27.6 Å². The van der Waals surface area contributed by atoms with Crippen molar-refractivity contribution in [3.63, 3.8) is 0 Å². The van der Waals surface area contributed by atoms with Gasteiger partial charge in [0.1, 0.15) is 0 Å². The molecule has 0 heterocycles. The summed E-state index contributed by atoms with van der Waals surface area (Å²) in [5, 5.41) is 4.41. The van der Waals surface area contributed by atoms with Crippen LogP contribution in [0.5, 0.6) is 0 Å². The van der Waals surface area contributed by atoms with Crippen molar-refractivity contribution in [2.24, 2.45) is 11.3 Å². The second-order valence-electron chi connectivity index (χ2n) is 7.05. The molecule has 0 bridgehead atoms. The smallest absolute Gasteiger partial charge is 0.0665 e. The highest BCUT2D eigenvalue weighted by Crippen LogP contribution is 2.45. The summed E-state index contributed by atoms with van der Waals surface area (Å²) in [5.74, 6) is 0.581. The zero-order chi connectivity index (χ0) is 15.8. The molecule has 0 radical (unpaired) electrons. The van der Waals surface area contributed by atoms with Crippen LogP contribution in [0.4, 0.5) is 5.69 Å². The van der Waals surface area contributed by atoms with Crippen LogP contribution < -0.4 is 5.32 Å². The fraction of sp³-hybridized carbons (Fsp3) is 0.647. The molecule has 0 spiro atoms. The zero-order valence-electron chi connectivity index (χ0n) is 13.5. The Morgan fingerprint density at radius 3 is 2.67 bits per heavy atom. The topological polar surface area (TPSA) is 21.3 Å². The molecule has 1 fully saturated rings. The molecule has 2 rings (SSSR count). The summed E-state index contributed by atoms with van der Waals surface area (Å²) >= 11 is 9.84. The summed E-state index contributed by atoms with van der Waals surface area (Å²) in [7, 11) is 0. The molecule has 1 N–H and O–H groups in total. The van der Waals surface area contributed by atoms with E-state index in [2.05, 4.69) is 55.0 Å². The fourth-order valence-electron chi connectivity index (χ4n) is 2.67. The van der Waals surface area contributed by atoms with Crippen molar-refractivity contribution in [2.45, 2.75) is 53.2 Å². The number of halogens is 2. The monoisotopic (exact) mass is 373 g/mol. The Hall–Kier alpha value is -0.250. The summed E-state index contributed by atoms with van der Waals surface area (Å²) < 4.78 is 7.08. The number of anilines is 1. The average molecular weight is 375 g/mol. The predicted molar refractivity (Wildman–Crippen MR) is 94.3 cm³/mol. The van der Waals surface area contributed by atoms with Crippen LogP contribution in [0.1, 0.15) is 39.7 Å². The van der Waals surface area contributed by atoms with Crippen molar-refractivity contribution in [3.05, 3.63) is 27.2 Å². The number of rotatable bonds is 5. The van der Waals surface area contributed by atoms with Gasteiger partial charge in [-0.1, -0.05) is 39.3 Å². The van der Waals surface area contributed by atoms with Gasteiger partial charge in [-0.05, 0) is 52.9 Å². The quantitative estimate of drug-likeness (QED) is 0.717. The predicted octanol–water partition coefficient (Wildman–Crippen LogP) is 5.66. The first-order valence-corrected chi connectivity index (χ1v) is 8.72. The molecule has 0 aliphatic heterocycles. The van der Waals surface area contributed by atoms with Crippen LogP contribution in [0.15, 0.2) is 16.6 Å². The van der Waals surface area contributed by atoms with Crippen molar-refractivity contribution in [1.82, 2.24) is 0 Å². The Balaban J connectivity index is 2.01. The minimum atomic E-state index is 0.131. The molecule has 1 aromatic rings. The standard InChI is InChI=1S/C17H25BrClNO/c1-10(2)9-21-16-8-15(17(16,4)5)20-14-7-13(19)11(3)6-12(14)18/h6-7,10,15-16,20H,8-9H2,1-5H3. The highest BCUT2D eigenvalue weighted by molar-refractivity contribution is 9.10. The second kappa shape index (κ2) is 6.47. The van der Waals surface area contributed by atoms with E-state index in [1.54, 1.807) is 0 Å². The van der Waals surface area contributed by atoms with Gasteiger partial charge in [0.2, 0.25) is 0 Å². The first-order chi connectivity index (χ1) is 9.71. The normalized spacial score (nSPS) is 24.0. The van der Waals surface area contributed by atoms with Gasteiger partial charge in [0.05, 0.1) is 11.8 Å². The van der Waals surface area contributed by atoms with E-state index in [0.29, 0.717) is 18.1 Å². The Kier molecular flexibility index (Phi) is 5.27. The maximum atomic E-state index is 6.23. The molecule has 2 unspecified atom stereocenters. The van der Waals surface area contributed by atoms with E-state index >= 15 is 0 Å². The molecule has 21 heavy (non-hydrogen) atoms. The molecule has 118 valence electrons. The van der Waals surface area contributed by atoms with Gasteiger partial charge in [-0.2, -0.15) is 0 Å². The van der Waals surface area contributed by atoms with Gasteiger partial charge in [-0.15, -0.1) is 0 Å². The molecular weight excluding hydrogens is 350 g/mol. The molecular formula is C17H25BrClNO. The Labute approximate surface area is 141 Å². The molecule has 0 saturated heterocycles. The first kappa shape index (κ1) is 17.1. The lowest BCUT2D eigenvalue weighted by molar-refractivity contribution is -0.108. The number of hydrogen-bond donors (Lipinski definition) is 1. The molecule has 2 atom stereocenters. The lowest BCUT2D eigenvalue weighted by Crippen LogP contribution is -2.58. The van der Waals surface area contributed by atoms with Crippen LogP contribution >= 0.6 is 27.5 Å². The van der Waals surface area contributed by atoms with Crippen molar-refractivity contribution >= 4 is 33.2 Å². The fourth-order valence-corrected chi connectivity index (χ4v) is 3.40. The Morgan fingerprint density at radius 2 is 2.10 bits per heavy atom. The molecule has 1 saturated carbocycles. The summed E-state index contributed by atoms with van der Waals surface area (Å²) in [6, 6.07) is 4.47. The van der Waals surface area contributed by atoms with Gasteiger partial charge in [-0.25, -0.2) is 0 Å². The molecule has 4 heteroatoms. The van der Waals surface area contributed by atoms with Crippen LogP contribution in [-0.2, 0) is 4.74 Å². The zero-order valence-corrected chi connectivity index (χ0v) is 15.8. The summed E-state index contributed by atoms with van der Waals surface area (Å²) in [5.41, 5.74) is 2.28. The van der Waals surface area contributed by atoms with Gasteiger partial charge in [0.15, 0.2) is 0 Å². The van der Waals surface area contributed by atoms with Crippen molar-refractivity contribution in [2.75, 3.05) is 11.9 Å². The lowest BCUT2D eigenvalue weighted by atomic mass is 9.64. The minimum absolute atomic E-state index is 0.131. The third-order valence-electron chi connectivity index (χ3n) is 4.39. The lowest BCUT2D eigenvalue weighted by Gasteiger charge is -2.52. The molecule has 0 aromatic heterocycles. The minimum Gasteiger partial charge on any atom is -0.381 e. The summed E-state index contributed by atoms with van der Waals surface area (Å²) in [6.07, 6.45) is 1.37. The number of ether oxygens (including phenoxy) is 1. The molecule has 1 aromatic carbocycles. The number of nitrogens with one attached hydrogen (secondary N) is 1. The van der Waals surface area contributed by atoms with Crippen molar-refractivity contribution < 1.29 is 4.74 Å². The largest absolute Gasteiger partial charge is 0.381 e. The number of aryl methyl sites for hydroxylation is 1. The second-order valence-corrected chi connectivity index (χ2v) is 8.31. The van der Waals surface area contributed by atoms with Crippen LogP contribution in [0.3, 0.4) is 0 Å². The Morgan fingerprint density at radius 1 is 1.43 bits per heavy atom. The number of hydrogen-bond acceptors (Lipinski definition) is 2. The highest BCUT2D eigenvalue weighted by Gasteiger charge is 2.49. The van der Waals surface area contributed by atoms with E-state index in [9.17, 15) is 0 Å². The molecule has 1 aliphatic rings.